The standard InChI is InChI=1S/C26H27ClN2O2S/c1-6-29-17(2)24(20-9-7-8-10-22(20)29)26-23(32(5,30)31)16-15-21(27)25(26)18-11-13-19(14-12-18)28(3)4/h7-16H,6H2,1-5H3. The molecule has 0 radical (unpaired) electrons. The van der Waals surface area contributed by atoms with E-state index in [4.69, 9.17) is 11.6 Å². The van der Waals surface area contributed by atoms with E-state index in [-0.39, 0.29) is 4.90 Å². The van der Waals surface area contributed by atoms with Gasteiger partial charge in [0.05, 0.1) is 4.90 Å². The number of aromatic nitrogens is 1. The quantitative estimate of drug-likeness (QED) is 0.340. The minimum absolute atomic E-state index is 0.288. The molecule has 0 amide bonds. The van der Waals surface area contributed by atoms with Crippen LogP contribution < -0.4 is 4.90 Å². The number of sulfone groups is 1. The van der Waals surface area contributed by atoms with Crippen LogP contribution in [0.15, 0.2) is 65.6 Å². The number of rotatable bonds is 5. The highest BCUT2D eigenvalue weighted by Gasteiger charge is 2.26. The van der Waals surface area contributed by atoms with Crippen molar-refractivity contribution >= 4 is 38.0 Å². The van der Waals surface area contributed by atoms with Crippen LogP contribution in [0.3, 0.4) is 0 Å². The van der Waals surface area contributed by atoms with E-state index in [2.05, 4.69) is 23.6 Å². The van der Waals surface area contributed by atoms with Crippen molar-refractivity contribution in [2.75, 3.05) is 25.3 Å². The van der Waals surface area contributed by atoms with Crippen LogP contribution in [0.1, 0.15) is 12.6 Å². The van der Waals surface area contributed by atoms with E-state index in [0.717, 1.165) is 45.5 Å². The van der Waals surface area contributed by atoms with Gasteiger partial charge in [0.1, 0.15) is 0 Å². The second-order valence-corrected chi connectivity index (χ2v) is 10.6. The second-order valence-electron chi connectivity index (χ2n) is 8.23. The number of benzene rings is 3. The molecular weight excluding hydrogens is 440 g/mol. The van der Waals surface area contributed by atoms with E-state index in [1.807, 2.05) is 62.3 Å². The highest BCUT2D eigenvalue weighted by atomic mass is 35.5. The molecule has 0 unspecified atom stereocenters. The minimum atomic E-state index is -3.51. The van der Waals surface area contributed by atoms with Crippen LogP contribution in [0.2, 0.25) is 5.02 Å². The Balaban J connectivity index is 2.17. The average molecular weight is 467 g/mol. The molecule has 0 bridgehead atoms. The molecule has 4 aromatic rings. The van der Waals surface area contributed by atoms with Crippen molar-refractivity contribution in [1.29, 1.82) is 0 Å². The zero-order chi connectivity index (χ0) is 23.2. The Kier molecular flexibility index (Phi) is 5.82. The van der Waals surface area contributed by atoms with Gasteiger partial charge in [-0.1, -0.05) is 41.9 Å². The first-order chi connectivity index (χ1) is 15.1. The minimum Gasteiger partial charge on any atom is -0.378 e. The van der Waals surface area contributed by atoms with Crippen LogP contribution in [-0.4, -0.2) is 33.3 Å². The van der Waals surface area contributed by atoms with Gasteiger partial charge in [0.25, 0.3) is 0 Å². The molecular formula is C26H27ClN2O2S. The second kappa shape index (κ2) is 8.30. The number of fused-ring (bicyclic) bond motifs is 1. The summed E-state index contributed by atoms with van der Waals surface area (Å²) < 4.78 is 28.1. The highest BCUT2D eigenvalue weighted by Crippen LogP contribution is 2.46. The third-order valence-corrected chi connectivity index (χ3v) is 7.44. The molecule has 0 aliphatic carbocycles. The molecule has 4 nitrogen and oxygen atoms in total. The fraction of sp³-hybridized carbons (Fsp3) is 0.231. The summed E-state index contributed by atoms with van der Waals surface area (Å²) in [5.41, 5.74) is 6.36. The van der Waals surface area contributed by atoms with E-state index in [9.17, 15) is 8.42 Å². The molecule has 0 N–H and O–H groups in total. The van der Waals surface area contributed by atoms with Gasteiger partial charge in [-0.05, 0) is 49.7 Å². The summed E-state index contributed by atoms with van der Waals surface area (Å²) in [4.78, 5) is 2.31. The van der Waals surface area contributed by atoms with E-state index in [0.29, 0.717) is 10.6 Å². The number of halogens is 1. The average Bonchev–Trinajstić information content (AvgIpc) is 3.03. The molecule has 0 fully saturated rings. The molecule has 32 heavy (non-hydrogen) atoms. The highest BCUT2D eigenvalue weighted by molar-refractivity contribution is 7.90. The van der Waals surface area contributed by atoms with E-state index in [1.165, 1.54) is 6.26 Å². The van der Waals surface area contributed by atoms with Gasteiger partial charge in [-0.3, -0.25) is 0 Å². The molecule has 166 valence electrons. The molecule has 0 atom stereocenters. The lowest BCUT2D eigenvalue weighted by Crippen LogP contribution is -2.08. The first kappa shape index (κ1) is 22.4. The summed E-state index contributed by atoms with van der Waals surface area (Å²) in [5, 5.41) is 1.54. The Morgan fingerprint density at radius 3 is 2.16 bits per heavy atom. The maximum absolute atomic E-state index is 12.9. The number of para-hydroxylation sites is 1. The third kappa shape index (κ3) is 3.70. The Morgan fingerprint density at radius 1 is 0.906 bits per heavy atom. The molecule has 6 heteroatoms. The largest absolute Gasteiger partial charge is 0.378 e. The van der Waals surface area contributed by atoms with E-state index < -0.39 is 9.84 Å². The maximum Gasteiger partial charge on any atom is 0.176 e. The maximum atomic E-state index is 12.9. The molecule has 3 aromatic carbocycles. The van der Waals surface area contributed by atoms with E-state index >= 15 is 0 Å². The Hall–Kier alpha value is -2.76. The summed E-state index contributed by atoms with van der Waals surface area (Å²) in [6.07, 6.45) is 1.26. The van der Waals surface area contributed by atoms with Crippen molar-refractivity contribution in [2.45, 2.75) is 25.3 Å². The fourth-order valence-electron chi connectivity index (χ4n) is 4.48. The normalized spacial score (nSPS) is 11.8. The molecule has 4 rings (SSSR count). The molecule has 0 saturated heterocycles. The first-order valence-corrected chi connectivity index (χ1v) is 12.8. The van der Waals surface area contributed by atoms with Gasteiger partial charge < -0.3 is 9.47 Å². The van der Waals surface area contributed by atoms with Crippen molar-refractivity contribution < 1.29 is 8.42 Å². The molecule has 0 aliphatic heterocycles. The SMILES string of the molecule is CCn1c(C)c(-c2c(S(C)(=O)=O)ccc(Cl)c2-c2ccc(N(C)C)cc2)c2ccccc21. The van der Waals surface area contributed by atoms with Gasteiger partial charge in [-0.15, -0.1) is 0 Å². The number of aryl methyl sites for hydroxylation is 1. The fourth-order valence-corrected chi connectivity index (χ4v) is 5.63. The lowest BCUT2D eigenvalue weighted by molar-refractivity contribution is 0.602. The Morgan fingerprint density at radius 2 is 1.56 bits per heavy atom. The van der Waals surface area contributed by atoms with Crippen molar-refractivity contribution in [1.82, 2.24) is 4.57 Å². The van der Waals surface area contributed by atoms with Gasteiger partial charge in [0.15, 0.2) is 9.84 Å². The summed E-state index contributed by atoms with van der Waals surface area (Å²) in [6, 6.07) is 19.5. The zero-order valence-electron chi connectivity index (χ0n) is 19.0. The Labute approximate surface area is 195 Å². The van der Waals surface area contributed by atoms with Crippen LogP contribution >= 0.6 is 11.6 Å². The summed E-state index contributed by atoms with van der Waals surface area (Å²) in [6.45, 7) is 4.93. The third-order valence-electron chi connectivity index (χ3n) is 5.99. The first-order valence-electron chi connectivity index (χ1n) is 10.5. The topological polar surface area (TPSA) is 42.3 Å². The van der Waals surface area contributed by atoms with Crippen LogP contribution in [0.4, 0.5) is 5.69 Å². The van der Waals surface area contributed by atoms with Crippen molar-refractivity contribution in [2.24, 2.45) is 0 Å². The number of anilines is 1. The lowest BCUT2D eigenvalue weighted by atomic mass is 9.92. The Bertz CT molecular complexity index is 1420. The van der Waals surface area contributed by atoms with Gasteiger partial charge in [-0.2, -0.15) is 0 Å². The van der Waals surface area contributed by atoms with Gasteiger partial charge in [-0.25, -0.2) is 8.42 Å². The van der Waals surface area contributed by atoms with Crippen LogP contribution in [0, 0.1) is 6.92 Å². The molecule has 1 aromatic heterocycles. The van der Waals surface area contributed by atoms with Crippen molar-refractivity contribution in [3.05, 3.63) is 71.4 Å². The van der Waals surface area contributed by atoms with Crippen molar-refractivity contribution in [3.63, 3.8) is 0 Å². The molecule has 0 saturated carbocycles. The predicted octanol–water partition coefficient (Wildman–Crippen LogP) is 6.43. The monoisotopic (exact) mass is 466 g/mol. The molecule has 0 aliphatic rings. The number of hydrogen-bond donors (Lipinski definition) is 0. The molecule has 1 heterocycles. The van der Waals surface area contributed by atoms with Crippen molar-refractivity contribution in [3.8, 4) is 22.3 Å². The summed E-state index contributed by atoms with van der Waals surface area (Å²) in [5.74, 6) is 0. The van der Waals surface area contributed by atoms with Gasteiger partial charge >= 0.3 is 0 Å². The summed E-state index contributed by atoms with van der Waals surface area (Å²) >= 11 is 6.77. The zero-order valence-corrected chi connectivity index (χ0v) is 20.6. The number of hydrogen-bond acceptors (Lipinski definition) is 3. The van der Waals surface area contributed by atoms with Crippen LogP contribution in [0.25, 0.3) is 33.2 Å². The van der Waals surface area contributed by atoms with Crippen LogP contribution in [-0.2, 0) is 16.4 Å². The van der Waals surface area contributed by atoms with Gasteiger partial charge in [0.2, 0.25) is 0 Å². The molecule has 0 spiro atoms. The van der Waals surface area contributed by atoms with E-state index in [1.54, 1.807) is 12.1 Å². The van der Waals surface area contributed by atoms with Crippen LogP contribution in [0.5, 0.6) is 0 Å². The summed E-state index contributed by atoms with van der Waals surface area (Å²) in [7, 11) is 0.464. The number of nitrogens with zero attached hydrogens (tertiary/aromatic N) is 2. The lowest BCUT2D eigenvalue weighted by Gasteiger charge is -2.18. The van der Waals surface area contributed by atoms with Gasteiger partial charge in [0, 0.05) is 70.9 Å². The predicted molar refractivity (Wildman–Crippen MR) is 136 cm³/mol. The smallest absolute Gasteiger partial charge is 0.176 e.